The van der Waals surface area contributed by atoms with Crippen molar-refractivity contribution in [3.63, 3.8) is 0 Å². The van der Waals surface area contributed by atoms with E-state index in [0.29, 0.717) is 13.2 Å². The van der Waals surface area contributed by atoms with Gasteiger partial charge in [0.1, 0.15) is 6.29 Å². The Bertz CT molecular complexity index is 329. The molecule has 1 aromatic rings. The van der Waals surface area contributed by atoms with E-state index in [-0.39, 0.29) is 6.29 Å². The van der Waals surface area contributed by atoms with Gasteiger partial charge in [-0.25, -0.2) is 0 Å². The smallest absolute Gasteiger partial charge is 0.158 e. The second-order valence-electron chi connectivity index (χ2n) is 3.53. The lowest BCUT2D eigenvalue weighted by molar-refractivity contribution is -0.0462. The number of carbonyl (C=O) groups is 1. The average molecular weight is 206 g/mol. The molecule has 0 atom stereocenters. The highest BCUT2D eigenvalue weighted by molar-refractivity contribution is 5.77. The molecule has 15 heavy (non-hydrogen) atoms. The minimum atomic E-state index is -0.0929. The van der Waals surface area contributed by atoms with E-state index in [9.17, 15) is 4.79 Å². The molecule has 0 aromatic heterocycles. The first kappa shape index (κ1) is 10.3. The molecule has 1 saturated heterocycles. The van der Waals surface area contributed by atoms with Gasteiger partial charge in [-0.15, -0.1) is 0 Å². The molecule has 0 N–H and O–H groups in total. The van der Waals surface area contributed by atoms with E-state index in [4.69, 9.17) is 9.47 Å². The predicted molar refractivity (Wildman–Crippen MR) is 55.8 cm³/mol. The molecule has 0 aliphatic carbocycles. The van der Waals surface area contributed by atoms with Gasteiger partial charge in [-0.2, -0.15) is 0 Å². The fourth-order valence-electron chi connectivity index (χ4n) is 1.72. The van der Waals surface area contributed by atoms with E-state index >= 15 is 0 Å². The highest BCUT2D eigenvalue weighted by atomic mass is 16.7. The van der Waals surface area contributed by atoms with Crippen LogP contribution in [-0.4, -0.2) is 25.8 Å². The third kappa shape index (κ3) is 2.64. The van der Waals surface area contributed by atoms with Gasteiger partial charge in [0.2, 0.25) is 0 Å². The van der Waals surface area contributed by atoms with Gasteiger partial charge in [0.25, 0.3) is 0 Å². The number of rotatable bonds is 4. The number of benzene rings is 1. The van der Waals surface area contributed by atoms with Crippen molar-refractivity contribution < 1.29 is 14.3 Å². The van der Waals surface area contributed by atoms with Crippen LogP contribution in [0.3, 0.4) is 0 Å². The van der Waals surface area contributed by atoms with E-state index in [0.717, 1.165) is 30.3 Å². The van der Waals surface area contributed by atoms with Crippen LogP contribution in [0.4, 0.5) is 0 Å². The molecule has 80 valence electrons. The Morgan fingerprint density at radius 2 is 2.00 bits per heavy atom. The van der Waals surface area contributed by atoms with Crippen LogP contribution in [0.2, 0.25) is 0 Å². The predicted octanol–water partition coefficient (Wildman–Crippen LogP) is 1.80. The molecule has 0 spiro atoms. The summed E-state index contributed by atoms with van der Waals surface area (Å²) in [7, 11) is 0. The fraction of sp³-hybridized carbons (Fsp3) is 0.417. The molecule has 1 aliphatic rings. The van der Waals surface area contributed by atoms with Gasteiger partial charge in [0.15, 0.2) is 6.29 Å². The van der Waals surface area contributed by atoms with Crippen molar-refractivity contribution in [2.45, 2.75) is 19.1 Å². The van der Waals surface area contributed by atoms with Crippen molar-refractivity contribution in [2.75, 3.05) is 13.2 Å². The summed E-state index contributed by atoms with van der Waals surface area (Å²) in [5.41, 5.74) is 1.82. The molecule has 3 heteroatoms. The summed E-state index contributed by atoms with van der Waals surface area (Å²) in [6.07, 6.45) is 2.43. The summed E-state index contributed by atoms with van der Waals surface area (Å²) in [5.74, 6) is 0. The zero-order valence-electron chi connectivity index (χ0n) is 8.52. The van der Waals surface area contributed by atoms with E-state index in [2.05, 4.69) is 0 Å². The average Bonchev–Trinajstić information content (AvgIpc) is 2.79. The first-order valence-electron chi connectivity index (χ1n) is 5.16. The lowest BCUT2D eigenvalue weighted by Crippen LogP contribution is -2.09. The largest absolute Gasteiger partial charge is 0.350 e. The lowest BCUT2D eigenvalue weighted by Gasteiger charge is -2.09. The molecule has 0 radical (unpaired) electrons. The van der Waals surface area contributed by atoms with Crippen LogP contribution >= 0.6 is 0 Å². The van der Waals surface area contributed by atoms with Gasteiger partial charge in [0.05, 0.1) is 13.2 Å². The fourth-order valence-corrected chi connectivity index (χ4v) is 1.72. The van der Waals surface area contributed by atoms with Gasteiger partial charge in [-0.1, -0.05) is 24.3 Å². The van der Waals surface area contributed by atoms with Crippen LogP contribution in [0.25, 0.3) is 0 Å². The number of carbonyl (C=O) groups excluding carboxylic acids is 1. The monoisotopic (exact) mass is 206 g/mol. The van der Waals surface area contributed by atoms with Gasteiger partial charge in [-0.05, 0) is 12.0 Å². The summed E-state index contributed by atoms with van der Waals surface area (Å²) in [5, 5.41) is 0. The molecule has 3 nitrogen and oxygen atoms in total. The highest BCUT2D eigenvalue weighted by Crippen LogP contribution is 2.14. The van der Waals surface area contributed by atoms with Gasteiger partial charge in [0, 0.05) is 12.0 Å². The Kier molecular flexibility index (Phi) is 3.48. The lowest BCUT2D eigenvalue weighted by atomic mass is 10.0. The van der Waals surface area contributed by atoms with Gasteiger partial charge >= 0.3 is 0 Å². The van der Waals surface area contributed by atoms with E-state index < -0.39 is 0 Å². The van der Waals surface area contributed by atoms with Crippen molar-refractivity contribution in [3.05, 3.63) is 35.4 Å². The molecule has 0 saturated carbocycles. The Labute approximate surface area is 89.0 Å². The second-order valence-corrected chi connectivity index (χ2v) is 3.53. The number of aldehydes is 1. The van der Waals surface area contributed by atoms with Crippen molar-refractivity contribution in [1.29, 1.82) is 0 Å². The van der Waals surface area contributed by atoms with Crippen LogP contribution in [0.1, 0.15) is 22.3 Å². The van der Waals surface area contributed by atoms with E-state index in [1.165, 1.54) is 0 Å². The third-order valence-electron chi connectivity index (χ3n) is 2.52. The topological polar surface area (TPSA) is 35.5 Å². The maximum atomic E-state index is 10.8. The minimum Gasteiger partial charge on any atom is -0.350 e. The normalized spacial score (nSPS) is 16.8. The molecule has 0 bridgehead atoms. The molecule has 1 fully saturated rings. The van der Waals surface area contributed by atoms with Gasteiger partial charge in [-0.3, -0.25) is 4.79 Å². The molecular weight excluding hydrogens is 192 g/mol. The molecule has 0 unspecified atom stereocenters. The Morgan fingerprint density at radius 1 is 1.27 bits per heavy atom. The molecule has 1 aliphatic heterocycles. The SMILES string of the molecule is O=Cc1ccccc1CCC1OCCO1. The second kappa shape index (κ2) is 5.05. The summed E-state index contributed by atoms with van der Waals surface area (Å²) < 4.78 is 10.7. The van der Waals surface area contributed by atoms with E-state index in [1.54, 1.807) is 0 Å². The number of hydrogen-bond donors (Lipinski definition) is 0. The summed E-state index contributed by atoms with van der Waals surface area (Å²) in [6, 6.07) is 7.62. The van der Waals surface area contributed by atoms with Crippen molar-refractivity contribution in [1.82, 2.24) is 0 Å². The molecular formula is C12H14O3. The number of ether oxygens (including phenoxy) is 2. The quantitative estimate of drug-likeness (QED) is 0.705. The van der Waals surface area contributed by atoms with Crippen molar-refractivity contribution in [3.8, 4) is 0 Å². The first-order chi connectivity index (χ1) is 7.40. The minimum absolute atomic E-state index is 0.0929. The van der Waals surface area contributed by atoms with Crippen LogP contribution in [0, 0.1) is 0 Å². The third-order valence-corrected chi connectivity index (χ3v) is 2.52. The zero-order chi connectivity index (χ0) is 10.5. The van der Waals surface area contributed by atoms with Crippen LogP contribution in [0.15, 0.2) is 24.3 Å². The van der Waals surface area contributed by atoms with Crippen molar-refractivity contribution in [2.24, 2.45) is 0 Å². The first-order valence-corrected chi connectivity index (χ1v) is 5.16. The Morgan fingerprint density at radius 3 is 2.73 bits per heavy atom. The zero-order valence-corrected chi connectivity index (χ0v) is 8.52. The Hall–Kier alpha value is -1.19. The number of aryl methyl sites for hydroxylation is 1. The van der Waals surface area contributed by atoms with E-state index in [1.807, 2.05) is 24.3 Å². The van der Waals surface area contributed by atoms with Crippen LogP contribution in [-0.2, 0) is 15.9 Å². The standard InChI is InChI=1S/C12H14O3/c13-9-11-4-2-1-3-10(11)5-6-12-14-7-8-15-12/h1-4,9,12H,5-8H2. The molecule has 2 rings (SSSR count). The number of hydrogen-bond acceptors (Lipinski definition) is 3. The highest BCUT2D eigenvalue weighted by Gasteiger charge is 2.15. The van der Waals surface area contributed by atoms with Crippen LogP contribution < -0.4 is 0 Å². The summed E-state index contributed by atoms with van der Waals surface area (Å²) in [6.45, 7) is 1.36. The molecule has 1 heterocycles. The summed E-state index contributed by atoms with van der Waals surface area (Å²) in [4.78, 5) is 10.8. The maximum absolute atomic E-state index is 10.8. The van der Waals surface area contributed by atoms with Gasteiger partial charge < -0.3 is 9.47 Å². The molecule has 1 aromatic carbocycles. The van der Waals surface area contributed by atoms with Crippen molar-refractivity contribution >= 4 is 6.29 Å². The summed E-state index contributed by atoms with van der Waals surface area (Å²) >= 11 is 0. The van der Waals surface area contributed by atoms with Crippen LogP contribution in [0.5, 0.6) is 0 Å². The Balaban J connectivity index is 1.94. The molecule has 0 amide bonds. The maximum Gasteiger partial charge on any atom is 0.158 e.